The zero-order valence-electron chi connectivity index (χ0n) is 18.0. The first-order valence-corrected chi connectivity index (χ1v) is 10.8. The van der Waals surface area contributed by atoms with Crippen LogP contribution < -0.4 is 20.3 Å². The molecule has 176 valence electrons. The molecule has 2 aliphatic heterocycles. The lowest BCUT2D eigenvalue weighted by Crippen LogP contribution is -2.46. The van der Waals surface area contributed by atoms with Crippen molar-refractivity contribution in [3.05, 3.63) is 30.0 Å². The number of hydrogen-bond acceptors (Lipinski definition) is 8. The molecule has 3 aromatic heterocycles. The van der Waals surface area contributed by atoms with Gasteiger partial charge < -0.3 is 25.0 Å². The Balaban J connectivity index is 1.55. The number of aromatic nitrogens is 4. The lowest BCUT2D eigenvalue weighted by molar-refractivity contribution is 0.122. The summed E-state index contributed by atoms with van der Waals surface area (Å²) < 4.78 is 55.9. The van der Waals surface area contributed by atoms with Gasteiger partial charge in [0, 0.05) is 31.8 Å². The Hall–Kier alpha value is -3.12. The number of piperidine rings is 1. The number of nitrogens with one attached hydrogen (secondary N) is 2. The zero-order chi connectivity index (χ0) is 22.9. The van der Waals surface area contributed by atoms with E-state index in [-0.39, 0.29) is 17.2 Å². The number of imidazole rings is 1. The van der Waals surface area contributed by atoms with Crippen LogP contribution in [0.4, 0.5) is 24.8 Å². The smallest absolute Gasteiger partial charge is 0.192 e. The fourth-order valence-electron chi connectivity index (χ4n) is 4.09. The van der Waals surface area contributed by atoms with E-state index in [0.29, 0.717) is 63.0 Å². The molecule has 2 aliphatic rings. The van der Waals surface area contributed by atoms with Gasteiger partial charge in [0.1, 0.15) is 17.6 Å². The molecule has 3 aromatic rings. The van der Waals surface area contributed by atoms with Crippen LogP contribution in [0.5, 0.6) is 5.75 Å². The Kier molecular flexibility index (Phi) is 5.94. The van der Waals surface area contributed by atoms with E-state index in [9.17, 15) is 13.2 Å². The highest BCUT2D eigenvalue weighted by Crippen LogP contribution is 2.31. The third-order valence-electron chi connectivity index (χ3n) is 5.86. The summed E-state index contributed by atoms with van der Waals surface area (Å²) in [4.78, 5) is 10.5. The van der Waals surface area contributed by atoms with Gasteiger partial charge in [-0.15, -0.1) is 5.10 Å². The predicted octanol–water partition coefficient (Wildman–Crippen LogP) is 2.03. The topological polar surface area (TPSA) is 88.8 Å². The van der Waals surface area contributed by atoms with Crippen molar-refractivity contribution in [3.63, 3.8) is 0 Å². The molecule has 2 fully saturated rings. The summed E-state index contributed by atoms with van der Waals surface area (Å²) in [6.07, 6.45) is 0.552. The van der Waals surface area contributed by atoms with Gasteiger partial charge in [-0.1, -0.05) is 0 Å². The number of ether oxygens (including phenoxy) is 2. The van der Waals surface area contributed by atoms with Gasteiger partial charge >= 0.3 is 0 Å². The fraction of sp³-hybridized carbons (Fsp3) is 0.476. The molecule has 1 unspecified atom stereocenters. The maximum atomic E-state index is 14.8. The molecule has 0 bridgehead atoms. The molecular formula is C21H24F3N7O2. The van der Waals surface area contributed by atoms with Crippen molar-refractivity contribution in [1.29, 1.82) is 0 Å². The maximum absolute atomic E-state index is 14.8. The average Bonchev–Trinajstić information content (AvgIpc) is 3.24. The molecule has 9 nitrogen and oxygen atoms in total. The van der Waals surface area contributed by atoms with E-state index in [1.165, 1.54) is 10.7 Å². The predicted molar refractivity (Wildman–Crippen MR) is 116 cm³/mol. The molecule has 0 aromatic carbocycles. The molecule has 2 N–H and O–H groups in total. The van der Waals surface area contributed by atoms with Gasteiger partial charge in [-0.05, 0) is 13.0 Å². The third-order valence-corrected chi connectivity index (χ3v) is 5.86. The Bertz CT molecular complexity index is 1150. The first kappa shape index (κ1) is 21.7. The Labute approximate surface area is 187 Å². The molecule has 0 radical (unpaired) electrons. The van der Waals surface area contributed by atoms with Crippen molar-refractivity contribution in [2.24, 2.45) is 0 Å². The van der Waals surface area contributed by atoms with E-state index in [0.717, 1.165) is 6.07 Å². The molecule has 0 saturated carbocycles. The number of anilines is 2. The Morgan fingerprint density at radius 3 is 2.79 bits per heavy atom. The molecule has 0 aliphatic carbocycles. The first-order valence-electron chi connectivity index (χ1n) is 10.8. The lowest BCUT2D eigenvalue weighted by atomic mass is 10.1. The molecule has 0 spiro atoms. The SMILES string of the molecule is COc1cc2ncc(-c3nc(NC4CNCC[C@H]4F)c(F)cc3F)n2nc1N1CCOCC1. The van der Waals surface area contributed by atoms with Gasteiger partial charge in [-0.25, -0.2) is 27.7 Å². The number of pyridine rings is 1. The van der Waals surface area contributed by atoms with Gasteiger partial charge in [0.15, 0.2) is 34.7 Å². The molecule has 33 heavy (non-hydrogen) atoms. The van der Waals surface area contributed by atoms with Crippen molar-refractivity contribution in [3.8, 4) is 17.1 Å². The average molecular weight is 463 g/mol. The number of hydrogen-bond donors (Lipinski definition) is 2. The van der Waals surface area contributed by atoms with Crippen LogP contribution in [0.2, 0.25) is 0 Å². The van der Waals surface area contributed by atoms with Gasteiger partial charge in [-0.2, -0.15) is 0 Å². The first-order chi connectivity index (χ1) is 16.0. The summed E-state index contributed by atoms with van der Waals surface area (Å²) in [7, 11) is 1.54. The number of halogens is 3. The number of methoxy groups -OCH3 is 1. The number of fused-ring (bicyclic) bond motifs is 1. The second kappa shape index (κ2) is 9.02. The maximum Gasteiger partial charge on any atom is 0.192 e. The van der Waals surface area contributed by atoms with Crippen LogP contribution in [0.3, 0.4) is 0 Å². The van der Waals surface area contributed by atoms with Gasteiger partial charge in [0.2, 0.25) is 0 Å². The van der Waals surface area contributed by atoms with Crippen LogP contribution in [0.1, 0.15) is 6.42 Å². The highest BCUT2D eigenvalue weighted by Gasteiger charge is 2.27. The molecule has 2 atom stereocenters. The van der Waals surface area contributed by atoms with Crippen LogP contribution >= 0.6 is 0 Å². The second-order valence-electron chi connectivity index (χ2n) is 7.96. The van der Waals surface area contributed by atoms with E-state index >= 15 is 0 Å². The number of alkyl halides is 1. The number of morpholine rings is 1. The summed E-state index contributed by atoms with van der Waals surface area (Å²) >= 11 is 0. The van der Waals surface area contributed by atoms with Crippen LogP contribution in [0, 0.1) is 11.6 Å². The van der Waals surface area contributed by atoms with Crippen molar-refractivity contribution in [2.75, 3.05) is 56.7 Å². The van der Waals surface area contributed by atoms with Crippen LogP contribution in [0.15, 0.2) is 18.3 Å². The minimum Gasteiger partial charge on any atom is -0.493 e. The molecule has 12 heteroatoms. The summed E-state index contributed by atoms with van der Waals surface area (Å²) in [5, 5.41) is 10.5. The Morgan fingerprint density at radius 1 is 1.21 bits per heavy atom. The summed E-state index contributed by atoms with van der Waals surface area (Å²) in [6.45, 7) is 3.20. The van der Waals surface area contributed by atoms with Crippen LogP contribution in [-0.2, 0) is 4.74 Å². The highest BCUT2D eigenvalue weighted by molar-refractivity contribution is 5.66. The minimum absolute atomic E-state index is 0.142. The van der Waals surface area contributed by atoms with E-state index < -0.39 is 23.8 Å². The van der Waals surface area contributed by atoms with E-state index in [4.69, 9.17) is 9.47 Å². The molecule has 5 heterocycles. The van der Waals surface area contributed by atoms with Crippen molar-refractivity contribution >= 4 is 17.3 Å². The van der Waals surface area contributed by atoms with Gasteiger partial charge in [0.25, 0.3) is 0 Å². The van der Waals surface area contributed by atoms with E-state index in [2.05, 4.69) is 25.7 Å². The number of rotatable bonds is 5. The van der Waals surface area contributed by atoms with Crippen molar-refractivity contribution < 1.29 is 22.6 Å². The quantitative estimate of drug-likeness (QED) is 0.594. The van der Waals surface area contributed by atoms with Crippen molar-refractivity contribution in [1.82, 2.24) is 24.9 Å². The highest BCUT2D eigenvalue weighted by atomic mass is 19.1. The molecular weight excluding hydrogens is 439 g/mol. The summed E-state index contributed by atoms with van der Waals surface area (Å²) in [5.74, 6) is -0.910. The van der Waals surface area contributed by atoms with Crippen LogP contribution in [0.25, 0.3) is 17.0 Å². The largest absolute Gasteiger partial charge is 0.493 e. The molecule has 0 amide bonds. The van der Waals surface area contributed by atoms with Crippen LogP contribution in [-0.4, -0.2) is 78.3 Å². The normalized spacial score (nSPS) is 21.4. The fourth-order valence-corrected chi connectivity index (χ4v) is 4.09. The van der Waals surface area contributed by atoms with Gasteiger partial charge in [-0.3, -0.25) is 0 Å². The summed E-state index contributed by atoms with van der Waals surface area (Å²) in [5.41, 5.74) is 0.511. The zero-order valence-corrected chi connectivity index (χ0v) is 18.0. The van der Waals surface area contributed by atoms with E-state index in [1.54, 1.807) is 13.2 Å². The van der Waals surface area contributed by atoms with Crippen molar-refractivity contribution in [2.45, 2.75) is 18.6 Å². The monoisotopic (exact) mass is 463 g/mol. The number of nitrogens with zero attached hydrogens (tertiary/aromatic N) is 5. The third kappa shape index (κ3) is 4.15. The summed E-state index contributed by atoms with van der Waals surface area (Å²) in [6, 6.07) is 1.76. The lowest BCUT2D eigenvalue weighted by Gasteiger charge is -2.28. The Morgan fingerprint density at radius 2 is 2.03 bits per heavy atom. The van der Waals surface area contributed by atoms with E-state index in [1.807, 2.05) is 4.90 Å². The molecule has 2 saturated heterocycles. The standard InChI is InChI=1S/C21H24F3N7O2/c1-32-17-9-18-26-11-16(31(18)29-21(17)30-4-6-33-7-5-30)19-13(23)8-14(24)20(28-19)27-15-10-25-3-2-12(15)22/h8-9,11-12,15,25H,2-7,10H2,1H3,(H,27,28)/t12-,15?/m1/s1. The minimum atomic E-state index is -1.16. The molecule has 5 rings (SSSR count). The second-order valence-corrected chi connectivity index (χ2v) is 7.96. The van der Waals surface area contributed by atoms with Gasteiger partial charge in [0.05, 0.1) is 32.6 Å².